The molecule has 13 heavy (non-hydrogen) atoms. The minimum atomic E-state index is -0.833. The van der Waals surface area contributed by atoms with Crippen molar-refractivity contribution in [3.8, 4) is 0 Å². The number of guanidine groups is 1. The molecule has 0 aromatic carbocycles. The van der Waals surface area contributed by atoms with Gasteiger partial charge in [0.1, 0.15) is 0 Å². The molecule has 1 rings (SSSR count). The lowest BCUT2D eigenvalue weighted by molar-refractivity contribution is -0.134. The van der Waals surface area contributed by atoms with E-state index in [0.29, 0.717) is 0 Å². The molecule has 0 amide bonds. The van der Waals surface area contributed by atoms with Crippen LogP contribution in [0.4, 0.5) is 0 Å². The molecule has 74 valence electrons. The Labute approximate surface area is 75.7 Å². The van der Waals surface area contributed by atoms with E-state index < -0.39 is 5.97 Å². The zero-order valence-corrected chi connectivity index (χ0v) is 7.23. The maximum Gasteiger partial charge on any atom is 0.300 e. The van der Waals surface area contributed by atoms with Gasteiger partial charge in [0.15, 0.2) is 5.96 Å². The number of carboxylic acids is 1. The summed E-state index contributed by atoms with van der Waals surface area (Å²) in [5.41, 5.74) is 8.94. The minimum Gasteiger partial charge on any atom is -0.481 e. The molecule has 1 aromatic heterocycles. The SMILES string of the molecule is CC(=O)O.N=C(N)N.c1ccoc1. The molecule has 0 aliphatic carbocycles. The summed E-state index contributed by atoms with van der Waals surface area (Å²) in [5.74, 6) is -1.17. The van der Waals surface area contributed by atoms with E-state index in [-0.39, 0.29) is 5.96 Å². The summed E-state index contributed by atoms with van der Waals surface area (Å²) in [6.45, 7) is 1.08. The predicted octanol–water partition coefficient (Wildman–Crippen LogP) is 0.209. The van der Waals surface area contributed by atoms with Gasteiger partial charge in [-0.2, -0.15) is 0 Å². The maximum absolute atomic E-state index is 9.00. The van der Waals surface area contributed by atoms with E-state index in [1.54, 1.807) is 12.5 Å². The van der Waals surface area contributed by atoms with Crippen LogP contribution in [0.15, 0.2) is 29.1 Å². The van der Waals surface area contributed by atoms with Crippen LogP contribution in [-0.4, -0.2) is 17.0 Å². The van der Waals surface area contributed by atoms with Gasteiger partial charge in [0.25, 0.3) is 5.97 Å². The van der Waals surface area contributed by atoms with Crippen LogP contribution in [0.3, 0.4) is 0 Å². The summed E-state index contributed by atoms with van der Waals surface area (Å²) in [6, 6.07) is 3.67. The lowest BCUT2D eigenvalue weighted by atomic mass is 10.7. The van der Waals surface area contributed by atoms with Crippen LogP contribution in [0.25, 0.3) is 0 Å². The van der Waals surface area contributed by atoms with Gasteiger partial charge in [0, 0.05) is 6.92 Å². The van der Waals surface area contributed by atoms with Gasteiger partial charge in [-0.15, -0.1) is 0 Å². The monoisotopic (exact) mass is 187 g/mol. The molecule has 6 heteroatoms. The molecule has 6 nitrogen and oxygen atoms in total. The largest absolute Gasteiger partial charge is 0.481 e. The van der Waals surface area contributed by atoms with E-state index in [0.717, 1.165) is 6.92 Å². The normalized spacial score (nSPS) is 6.85. The second-order valence-corrected chi connectivity index (χ2v) is 1.77. The molecule has 0 unspecified atom stereocenters. The van der Waals surface area contributed by atoms with Crippen molar-refractivity contribution in [2.24, 2.45) is 11.5 Å². The molecule has 0 radical (unpaired) electrons. The topological polar surface area (TPSA) is 126 Å². The molecular weight excluding hydrogens is 174 g/mol. The van der Waals surface area contributed by atoms with Gasteiger partial charge >= 0.3 is 0 Å². The van der Waals surface area contributed by atoms with Crippen molar-refractivity contribution in [2.45, 2.75) is 6.92 Å². The summed E-state index contributed by atoms with van der Waals surface area (Å²) in [7, 11) is 0. The first-order valence-electron chi connectivity index (χ1n) is 3.23. The summed E-state index contributed by atoms with van der Waals surface area (Å²) in [5, 5.41) is 13.5. The molecule has 0 aliphatic rings. The summed E-state index contributed by atoms with van der Waals surface area (Å²) >= 11 is 0. The van der Waals surface area contributed by atoms with E-state index in [9.17, 15) is 0 Å². The van der Waals surface area contributed by atoms with Crippen molar-refractivity contribution in [1.82, 2.24) is 0 Å². The lowest BCUT2D eigenvalue weighted by Gasteiger charge is -1.69. The second kappa shape index (κ2) is 10.0. The van der Waals surface area contributed by atoms with Crippen LogP contribution in [0, 0.1) is 5.41 Å². The first kappa shape index (κ1) is 13.6. The number of aliphatic carboxylic acids is 1. The lowest BCUT2D eigenvalue weighted by Crippen LogP contribution is -2.20. The highest BCUT2D eigenvalue weighted by molar-refractivity contribution is 5.71. The number of hydrogen-bond acceptors (Lipinski definition) is 3. The van der Waals surface area contributed by atoms with Gasteiger partial charge in [0.2, 0.25) is 0 Å². The van der Waals surface area contributed by atoms with E-state index >= 15 is 0 Å². The summed E-state index contributed by atoms with van der Waals surface area (Å²) in [4.78, 5) is 9.00. The number of rotatable bonds is 0. The van der Waals surface area contributed by atoms with Crippen molar-refractivity contribution < 1.29 is 14.3 Å². The highest BCUT2D eigenvalue weighted by Gasteiger charge is 1.65. The average molecular weight is 187 g/mol. The smallest absolute Gasteiger partial charge is 0.300 e. The van der Waals surface area contributed by atoms with Crippen LogP contribution in [-0.2, 0) is 4.79 Å². The quantitative estimate of drug-likeness (QED) is 0.341. The minimum absolute atomic E-state index is 0.333. The van der Waals surface area contributed by atoms with Crippen LogP contribution in [0.1, 0.15) is 6.92 Å². The van der Waals surface area contributed by atoms with E-state index in [1.807, 2.05) is 12.1 Å². The highest BCUT2D eigenvalue weighted by atomic mass is 16.4. The molecule has 0 bridgehead atoms. The van der Waals surface area contributed by atoms with Gasteiger partial charge in [-0.1, -0.05) is 0 Å². The molecule has 0 atom stereocenters. The molecule has 1 heterocycles. The molecule has 0 saturated carbocycles. The Bertz CT molecular complexity index is 184. The maximum atomic E-state index is 9.00. The highest BCUT2D eigenvalue weighted by Crippen LogP contribution is 1.79. The summed E-state index contributed by atoms with van der Waals surface area (Å²) < 4.78 is 4.58. The average Bonchev–Trinajstić information content (AvgIpc) is 2.35. The number of carbonyl (C=O) groups is 1. The number of hydrogen-bond donors (Lipinski definition) is 4. The Morgan fingerprint density at radius 3 is 1.69 bits per heavy atom. The van der Waals surface area contributed by atoms with Gasteiger partial charge < -0.3 is 21.0 Å². The number of furan rings is 1. The van der Waals surface area contributed by atoms with Gasteiger partial charge in [-0.05, 0) is 12.1 Å². The van der Waals surface area contributed by atoms with Crippen LogP contribution in [0.5, 0.6) is 0 Å². The Kier molecular flexibility index (Phi) is 10.5. The van der Waals surface area contributed by atoms with Crippen molar-refractivity contribution >= 4 is 11.9 Å². The second-order valence-electron chi connectivity index (χ2n) is 1.77. The van der Waals surface area contributed by atoms with Gasteiger partial charge in [-0.25, -0.2) is 0 Å². The van der Waals surface area contributed by atoms with Gasteiger partial charge in [-0.3, -0.25) is 10.2 Å². The number of carboxylic acid groups (broad SMARTS) is 1. The number of nitrogens with one attached hydrogen (secondary N) is 1. The summed E-state index contributed by atoms with van der Waals surface area (Å²) in [6.07, 6.45) is 3.25. The zero-order chi connectivity index (χ0) is 10.7. The van der Waals surface area contributed by atoms with Crippen LogP contribution in [0.2, 0.25) is 0 Å². The zero-order valence-electron chi connectivity index (χ0n) is 7.23. The first-order valence-corrected chi connectivity index (χ1v) is 3.23. The number of nitrogens with two attached hydrogens (primary N) is 2. The molecule has 0 spiro atoms. The van der Waals surface area contributed by atoms with E-state index in [4.69, 9.17) is 15.3 Å². The van der Waals surface area contributed by atoms with Crippen LogP contribution >= 0.6 is 0 Å². The molecule has 0 saturated heterocycles. The third-order valence-corrected chi connectivity index (χ3v) is 0.425. The molecular formula is C7H13N3O3. The Balaban J connectivity index is 0. The van der Waals surface area contributed by atoms with Crippen molar-refractivity contribution in [3.05, 3.63) is 24.7 Å². The third-order valence-electron chi connectivity index (χ3n) is 0.425. The third kappa shape index (κ3) is 70.7. The Morgan fingerprint density at radius 1 is 1.38 bits per heavy atom. The Hall–Kier alpha value is -1.98. The van der Waals surface area contributed by atoms with Gasteiger partial charge in [0.05, 0.1) is 12.5 Å². The first-order chi connectivity index (χ1) is 5.96. The fraction of sp³-hybridized carbons (Fsp3) is 0.143. The van der Waals surface area contributed by atoms with Crippen LogP contribution < -0.4 is 11.5 Å². The molecule has 0 aliphatic heterocycles. The van der Waals surface area contributed by atoms with Crippen molar-refractivity contribution in [3.63, 3.8) is 0 Å². The molecule has 0 fully saturated rings. The van der Waals surface area contributed by atoms with Crippen molar-refractivity contribution in [2.75, 3.05) is 0 Å². The molecule has 1 aromatic rings. The fourth-order valence-corrected chi connectivity index (χ4v) is 0.227. The Morgan fingerprint density at radius 2 is 1.62 bits per heavy atom. The van der Waals surface area contributed by atoms with Crippen molar-refractivity contribution in [1.29, 1.82) is 5.41 Å². The fourth-order valence-electron chi connectivity index (χ4n) is 0.227. The predicted molar refractivity (Wildman–Crippen MR) is 48.1 cm³/mol. The molecule has 6 N–H and O–H groups in total. The standard InChI is InChI=1S/C4H4O.C2H4O2.CH5N3/c1-2-4-5-3-1;1-2(3)4;2-1(3)4/h1-4H;1H3,(H,3,4);(H5,2,3,4). The van der Waals surface area contributed by atoms with E-state index in [2.05, 4.69) is 15.9 Å². The van der Waals surface area contributed by atoms with E-state index in [1.165, 1.54) is 0 Å².